The summed E-state index contributed by atoms with van der Waals surface area (Å²) in [6, 6.07) is 23.8. The van der Waals surface area contributed by atoms with E-state index in [0.29, 0.717) is 74.6 Å². The van der Waals surface area contributed by atoms with Gasteiger partial charge in [0, 0.05) is 72.6 Å². The summed E-state index contributed by atoms with van der Waals surface area (Å²) in [5.41, 5.74) is 10.8. The quantitative estimate of drug-likeness (QED) is 0.0391. The molecule has 3 aromatic carbocycles. The molecule has 10 rings (SSSR count). The number of aliphatic hydroxyl groups is 1. The number of rotatable bonds is 25. The van der Waals surface area contributed by atoms with E-state index >= 15 is 0 Å². The minimum atomic E-state index is -0.852. The molecule has 1 saturated heterocycles. The Morgan fingerprint density at radius 2 is 1.71 bits per heavy atom. The van der Waals surface area contributed by atoms with Crippen LogP contribution in [0.25, 0.3) is 38.1 Å². The second-order valence-electron chi connectivity index (χ2n) is 22.2. The van der Waals surface area contributed by atoms with Crippen molar-refractivity contribution in [3.63, 3.8) is 0 Å². The molecule has 2 fully saturated rings. The number of carbonyl (C=O) groups is 2. The maximum atomic E-state index is 14.0. The lowest BCUT2D eigenvalue weighted by Crippen LogP contribution is -2.48. The van der Waals surface area contributed by atoms with E-state index in [4.69, 9.17) is 43.5 Å². The minimum Gasteiger partial charge on any atom is -0.491 e. The van der Waals surface area contributed by atoms with Crippen LogP contribution in [0.15, 0.2) is 95.2 Å². The molecule has 1 aliphatic carbocycles. The maximum absolute atomic E-state index is 14.0. The number of aryl methyl sites for hydroxylation is 2. The van der Waals surface area contributed by atoms with Crippen molar-refractivity contribution in [3.8, 4) is 33.5 Å². The molecule has 82 heavy (non-hydrogen) atoms. The lowest BCUT2D eigenvalue weighted by Gasteiger charge is -2.28. The molecule has 6 heterocycles. The van der Waals surface area contributed by atoms with Gasteiger partial charge in [-0.05, 0) is 91.6 Å². The van der Waals surface area contributed by atoms with Crippen LogP contribution in [-0.2, 0) is 32.2 Å². The first-order valence-electron chi connectivity index (χ1n) is 28.7. The standard InChI is InChI=1S/C62H75N11O8S/c1-37(2)51-34-68-73-58(51)69-62(80-48-13-10-11-39(5)27-48)70-61(73)66-32-44-12-8-9-14-49(44)56-50-18-17-46(29-42(50)19-20-64-56)63-21-22-77-23-24-78-25-26-79-53-30-43(57-41(7)67-36-82-57)15-16-45(53)33-65-59(75)52-31-47(74)35-72(52)60(76)55(38(3)4)54-28-40(6)71-81-54/h8-9,12,14-20,28-30,34,36-39,47-48,52,55,63,74H,10-11,13,21-27,31-33,35H2,1-7H3,(H,65,75)(H,66,69,70)/t39?,47-,48-,52?,55-/m1/s1. The van der Waals surface area contributed by atoms with Crippen molar-refractivity contribution in [1.29, 1.82) is 0 Å². The van der Waals surface area contributed by atoms with Crippen molar-refractivity contribution in [2.45, 2.75) is 124 Å². The molecule has 1 saturated carbocycles. The third-order valence-corrected chi connectivity index (χ3v) is 16.3. The third kappa shape index (κ3) is 13.7. The van der Waals surface area contributed by atoms with E-state index < -0.39 is 18.1 Å². The van der Waals surface area contributed by atoms with Gasteiger partial charge in [0.25, 0.3) is 0 Å². The van der Waals surface area contributed by atoms with Crippen molar-refractivity contribution in [1.82, 2.24) is 44.9 Å². The van der Waals surface area contributed by atoms with Crippen LogP contribution in [0.2, 0.25) is 0 Å². The van der Waals surface area contributed by atoms with E-state index in [1.165, 1.54) is 11.3 Å². The molecule has 5 atom stereocenters. The summed E-state index contributed by atoms with van der Waals surface area (Å²) in [6.07, 6.45) is 7.49. The lowest BCUT2D eigenvalue weighted by molar-refractivity contribution is -0.141. The Balaban J connectivity index is 0.696. The number of likely N-dealkylation sites (tertiary alicyclic amines) is 1. The molecule has 19 nitrogen and oxygen atoms in total. The molecule has 2 unspecified atom stereocenters. The van der Waals surface area contributed by atoms with E-state index in [-0.39, 0.29) is 55.9 Å². The monoisotopic (exact) mass is 1130 g/mol. The van der Waals surface area contributed by atoms with Crippen LogP contribution in [0.3, 0.4) is 0 Å². The second-order valence-corrected chi connectivity index (χ2v) is 23.1. The number of hydrogen-bond acceptors (Lipinski definition) is 17. The number of hydrogen-bond donors (Lipinski definition) is 4. The molecule has 0 bridgehead atoms. The Hall–Kier alpha value is -7.52. The van der Waals surface area contributed by atoms with E-state index in [9.17, 15) is 14.7 Å². The molecule has 432 valence electrons. The molecule has 1 aliphatic heterocycles. The Morgan fingerprint density at radius 3 is 2.49 bits per heavy atom. The number of nitrogens with zero attached hydrogens (tertiary/aromatic N) is 8. The number of nitrogens with one attached hydrogen (secondary N) is 3. The molecular weight excluding hydrogens is 1060 g/mol. The zero-order valence-electron chi connectivity index (χ0n) is 47.9. The van der Waals surface area contributed by atoms with Gasteiger partial charge < -0.3 is 49.4 Å². The molecular formula is C62H75N11O8S. The van der Waals surface area contributed by atoms with Gasteiger partial charge in [-0.1, -0.05) is 88.7 Å². The number of carbonyl (C=O) groups excluding carboxylic acids is 2. The number of pyridine rings is 1. The van der Waals surface area contributed by atoms with E-state index in [0.717, 1.165) is 85.5 Å². The number of benzene rings is 3. The first-order valence-corrected chi connectivity index (χ1v) is 29.5. The number of anilines is 2. The summed E-state index contributed by atoms with van der Waals surface area (Å²) in [7, 11) is 0. The number of amides is 2. The van der Waals surface area contributed by atoms with Crippen LogP contribution in [-0.4, -0.2) is 121 Å². The largest absolute Gasteiger partial charge is 0.491 e. The first-order chi connectivity index (χ1) is 39.8. The molecule has 0 spiro atoms. The van der Waals surface area contributed by atoms with Gasteiger partial charge in [0.1, 0.15) is 36.2 Å². The van der Waals surface area contributed by atoms with Crippen molar-refractivity contribution in [3.05, 3.63) is 125 Å². The number of β-amino-alcohol motifs (C(OH)–C–C–N with tert-alkyl or cyclic N) is 1. The number of thiazole rings is 1. The van der Waals surface area contributed by atoms with E-state index in [1.54, 1.807) is 28.8 Å². The predicted molar refractivity (Wildman–Crippen MR) is 316 cm³/mol. The molecule has 2 amide bonds. The fourth-order valence-corrected chi connectivity index (χ4v) is 11.9. The smallest absolute Gasteiger partial charge is 0.322 e. The number of aliphatic hydroxyl groups excluding tert-OH is 1. The average molecular weight is 1130 g/mol. The topological polar surface area (TPSA) is 226 Å². The van der Waals surface area contributed by atoms with Gasteiger partial charge in [0.05, 0.1) is 66.2 Å². The normalized spacial score (nSPS) is 17.7. The summed E-state index contributed by atoms with van der Waals surface area (Å²) >= 11 is 1.54. The van der Waals surface area contributed by atoms with Crippen molar-refractivity contribution < 1.29 is 38.2 Å². The van der Waals surface area contributed by atoms with Crippen LogP contribution >= 0.6 is 11.3 Å². The fourth-order valence-electron chi connectivity index (χ4n) is 11.1. The fraction of sp³-hybridized carbons (Fsp3) is 0.452. The van der Waals surface area contributed by atoms with Crippen LogP contribution in [0.5, 0.6) is 11.8 Å². The van der Waals surface area contributed by atoms with Crippen LogP contribution in [0, 0.1) is 25.7 Å². The van der Waals surface area contributed by atoms with Crippen molar-refractivity contribution in [2.24, 2.45) is 11.8 Å². The summed E-state index contributed by atoms with van der Waals surface area (Å²) < 4.78 is 31.9. The first kappa shape index (κ1) is 57.7. The lowest BCUT2D eigenvalue weighted by atomic mass is 9.89. The highest BCUT2D eigenvalue weighted by molar-refractivity contribution is 7.13. The highest BCUT2D eigenvalue weighted by Crippen LogP contribution is 2.36. The summed E-state index contributed by atoms with van der Waals surface area (Å²) in [5.74, 6) is 1.05. The van der Waals surface area contributed by atoms with Gasteiger partial charge in [-0.25, -0.2) is 4.98 Å². The molecule has 2 aliphatic rings. The summed E-state index contributed by atoms with van der Waals surface area (Å²) in [4.78, 5) is 49.3. The Labute approximate surface area is 482 Å². The molecule has 0 radical (unpaired) electrons. The Morgan fingerprint density at radius 1 is 0.878 bits per heavy atom. The SMILES string of the molecule is Cc1cc([C@H](C(=O)N2C[C@H](O)CC2C(=O)NCc2ccc(-c3scnc3C)cc2OCCOCCOCCNc2ccc3c(-c4ccccc4CNc4nc(O[C@@H]5CCCC(C)C5)nc5c(C(C)C)cnn45)nccc3c2)C(C)C)on1. The third-order valence-electron chi connectivity index (χ3n) is 15.3. The Kier molecular flexibility index (Phi) is 18.7. The van der Waals surface area contributed by atoms with Gasteiger partial charge in [-0.3, -0.25) is 14.6 Å². The second kappa shape index (κ2) is 26.6. The van der Waals surface area contributed by atoms with Crippen LogP contribution in [0.1, 0.15) is 112 Å². The van der Waals surface area contributed by atoms with Crippen LogP contribution in [0.4, 0.5) is 11.6 Å². The summed E-state index contributed by atoms with van der Waals surface area (Å²) in [6.45, 7) is 17.3. The van der Waals surface area contributed by atoms with Gasteiger partial charge >= 0.3 is 6.01 Å². The highest BCUT2D eigenvalue weighted by atomic mass is 32.1. The molecule has 5 aromatic heterocycles. The molecule has 4 N–H and O–H groups in total. The Bertz CT molecular complexity index is 3470. The number of ether oxygens (including phenoxy) is 4. The molecule has 8 aromatic rings. The minimum absolute atomic E-state index is 0.0514. The zero-order valence-corrected chi connectivity index (χ0v) is 48.7. The maximum Gasteiger partial charge on any atom is 0.322 e. The van der Waals surface area contributed by atoms with Crippen LogP contribution < -0.4 is 25.4 Å². The van der Waals surface area contributed by atoms with Gasteiger partial charge in [-0.2, -0.15) is 19.6 Å². The van der Waals surface area contributed by atoms with Crippen molar-refractivity contribution >= 4 is 51.2 Å². The average Bonchev–Trinajstić information content (AvgIpc) is 4.38. The van der Waals surface area contributed by atoms with Gasteiger partial charge in [-0.15, -0.1) is 11.3 Å². The zero-order chi connectivity index (χ0) is 57.3. The van der Waals surface area contributed by atoms with E-state index in [2.05, 4.69) is 77.2 Å². The van der Waals surface area contributed by atoms with Crippen molar-refractivity contribution in [2.75, 3.05) is 56.8 Å². The number of fused-ring (bicyclic) bond motifs is 2. The van der Waals surface area contributed by atoms with Gasteiger partial charge in [0.15, 0.2) is 5.65 Å². The van der Waals surface area contributed by atoms with E-state index in [1.807, 2.05) is 75.1 Å². The highest BCUT2D eigenvalue weighted by Gasteiger charge is 2.43. The summed E-state index contributed by atoms with van der Waals surface area (Å²) in [5, 5.41) is 31.6. The van der Waals surface area contributed by atoms with Gasteiger partial charge in [0.2, 0.25) is 17.8 Å². The molecule has 20 heteroatoms. The number of aromatic nitrogens is 7. The predicted octanol–water partition coefficient (Wildman–Crippen LogP) is 10.3.